The summed E-state index contributed by atoms with van der Waals surface area (Å²) in [5.41, 5.74) is 3.36. The molecule has 128 valence electrons. The highest BCUT2D eigenvalue weighted by Gasteiger charge is 2.15. The van der Waals surface area contributed by atoms with Crippen LogP contribution in [0.25, 0.3) is 21.6 Å². The number of hydrogen-bond acceptors (Lipinski definition) is 6. The molecule has 4 aromatic rings. The maximum Gasteiger partial charge on any atom is 0.139 e. The van der Waals surface area contributed by atoms with Crippen molar-refractivity contribution in [2.24, 2.45) is 0 Å². The van der Waals surface area contributed by atoms with Gasteiger partial charge in [0.05, 0.1) is 34.3 Å². The van der Waals surface area contributed by atoms with E-state index in [4.69, 9.17) is 4.74 Å². The zero-order chi connectivity index (χ0) is 17.1. The zero-order valence-electron chi connectivity index (χ0n) is 13.6. The highest BCUT2D eigenvalue weighted by Crippen LogP contribution is 2.37. The van der Waals surface area contributed by atoms with Gasteiger partial charge in [-0.1, -0.05) is 18.2 Å². The number of thiophene rings is 1. The maximum atomic E-state index is 5.32. The van der Waals surface area contributed by atoms with Gasteiger partial charge in [-0.3, -0.25) is 0 Å². The summed E-state index contributed by atoms with van der Waals surface area (Å²) < 4.78 is 8.87. The number of H-pyrrole nitrogens is 1. The van der Waals surface area contributed by atoms with Gasteiger partial charge in [0.15, 0.2) is 0 Å². The number of hydrogen-bond donors (Lipinski definition) is 1. The van der Waals surface area contributed by atoms with E-state index in [1.165, 1.54) is 9.60 Å². The van der Waals surface area contributed by atoms with Gasteiger partial charge in [-0.2, -0.15) is 0 Å². The number of nitrogens with zero attached hydrogens (tertiary/aromatic N) is 2. The van der Waals surface area contributed by atoms with Crippen LogP contribution in [-0.4, -0.2) is 30.2 Å². The van der Waals surface area contributed by atoms with Crippen molar-refractivity contribution in [2.45, 2.75) is 4.21 Å². The van der Waals surface area contributed by atoms with Crippen LogP contribution in [0.15, 0.2) is 57.6 Å². The van der Waals surface area contributed by atoms with Gasteiger partial charge in [-0.05, 0) is 35.5 Å². The fraction of sp³-hybridized carbons (Fsp3) is 0.167. The summed E-state index contributed by atoms with van der Waals surface area (Å²) >= 11 is 5.14. The monoisotopic (exact) mass is 387 g/mol. The molecule has 7 heteroatoms. The van der Waals surface area contributed by atoms with Gasteiger partial charge in [-0.25, -0.2) is 4.98 Å². The molecular formula is C18H17N3OS3. The molecule has 0 radical (unpaired) electrons. The van der Waals surface area contributed by atoms with E-state index in [9.17, 15) is 0 Å². The summed E-state index contributed by atoms with van der Waals surface area (Å²) in [6.07, 6.45) is 1.84. The van der Waals surface area contributed by atoms with Crippen LogP contribution in [-0.2, 0) is 4.74 Å². The molecule has 4 rings (SSSR count). The minimum atomic E-state index is 0.675. The minimum Gasteiger partial charge on any atom is -0.383 e. The first-order chi connectivity index (χ1) is 12.3. The number of fused-ring (bicyclic) bond motifs is 1. The Morgan fingerprint density at radius 3 is 2.92 bits per heavy atom. The Labute approximate surface area is 158 Å². The predicted octanol–water partition coefficient (Wildman–Crippen LogP) is 5.51. The molecule has 3 aromatic heterocycles. The number of nitrogens with one attached hydrogen (secondary N) is 1. The second kappa shape index (κ2) is 7.61. The summed E-state index contributed by atoms with van der Waals surface area (Å²) in [5, 5.41) is 6.31. The number of para-hydroxylation sites is 1. The normalized spacial score (nSPS) is 11.2. The molecule has 1 aromatic carbocycles. The van der Waals surface area contributed by atoms with Gasteiger partial charge in [0.25, 0.3) is 0 Å². The van der Waals surface area contributed by atoms with Crippen molar-refractivity contribution in [3.05, 3.63) is 53.4 Å². The standard InChI is InChI=1S/C18H17N3OS3/c1-22-9-8-21(25-16-6-3-10-23-16)15-5-2-4-13-12-14(20-17(13)15)18-19-7-11-24-18/h2-7,10-12,20H,8-9H2,1H3. The van der Waals surface area contributed by atoms with Crippen molar-refractivity contribution in [1.29, 1.82) is 0 Å². The molecule has 0 amide bonds. The molecule has 4 nitrogen and oxygen atoms in total. The van der Waals surface area contributed by atoms with Crippen molar-refractivity contribution in [3.8, 4) is 10.7 Å². The number of rotatable bonds is 7. The summed E-state index contributed by atoms with van der Waals surface area (Å²) in [6.45, 7) is 1.48. The maximum absolute atomic E-state index is 5.32. The third kappa shape index (κ3) is 3.59. The molecule has 25 heavy (non-hydrogen) atoms. The predicted molar refractivity (Wildman–Crippen MR) is 109 cm³/mol. The Hall–Kier alpha value is -1.80. The van der Waals surface area contributed by atoms with Crippen LogP contribution in [0.5, 0.6) is 0 Å². The van der Waals surface area contributed by atoms with Crippen molar-refractivity contribution < 1.29 is 4.74 Å². The van der Waals surface area contributed by atoms with E-state index in [2.05, 4.69) is 56.1 Å². The topological polar surface area (TPSA) is 41.1 Å². The largest absolute Gasteiger partial charge is 0.383 e. The molecule has 3 heterocycles. The van der Waals surface area contributed by atoms with Crippen LogP contribution in [0.3, 0.4) is 0 Å². The van der Waals surface area contributed by atoms with Crippen LogP contribution in [0.1, 0.15) is 0 Å². The first-order valence-corrected chi connectivity index (χ1v) is 10.4. The van der Waals surface area contributed by atoms with Crippen molar-refractivity contribution >= 4 is 51.2 Å². The third-order valence-electron chi connectivity index (χ3n) is 3.76. The second-order valence-electron chi connectivity index (χ2n) is 5.38. The van der Waals surface area contributed by atoms with Crippen LogP contribution in [0.2, 0.25) is 0 Å². The lowest BCUT2D eigenvalue weighted by molar-refractivity contribution is 0.208. The van der Waals surface area contributed by atoms with E-state index >= 15 is 0 Å². The Balaban J connectivity index is 1.73. The van der Waals surface area contributed by atoms with Crippen molar-refractivity contribution in [3.63, 3.8) is 0 Å². The number of ether oxygens (including phenoxy) is 1. The van der Waals surface area contributed by atoms with E-state index in [1.54, 1.807) is 41.7 Å². The molecule has 0 bridgehead atoms. The smallest absolute Gasteiger partial charge is 0.139 e. The summed E-state index contributed by atoms with van der Waals surface area (Å²) in [4.78, 5) is 7.98. The Kier molecular flexibility index (Phi) is 5.07. The molecular weight excluding hydrogens is 370 g/mol. The Bertz CT molecular complexity index is 932. The molecule has 0 aliphatic carbocycles. The molecule has 0 atom stereocenters. The lowest BCUT2D eigenvalue weighted by Gasteiger charge is -2.23. The molecule has 0 aliphatic heterocycles. The first-order valence-electron chi connectivity index (χ1n) is 7.84. The van der Waals surface area contributed by atoms with Gasteiger partial charge in [0, 0.05) is 24.1 Å². The lowest BCUT2D eigenvalue weighted by Crippen LogP contribution is -2.19. The van der Waals surface area contributed by atoms with Crippen LogP contribution < -0.4 is 4.31 Å². The van der Waals surface area contributed by atoms with Crippen molar-refractivity contribution in [1.82, 2.24) is 9.97 Å². The highest BCUT2D eigenvalue weighted by atomic mass is 32.2. The van der Waals surface area contributed by atoms with Gasteiger partial charge < -0.3 is 14.0 Å². The van der Waals surface area contributed by atoms with Crippen LogP contribution in [0.4, 0.5) is 5.69 Å². The first kappa shape index (κ1) is 16.7. The number of benzene rings is 1. The average Bonchev–Trinajstić information content (AvgIpc) is 3.39. The van der Waals surface area contributed by atoms with E-state index in [-0.39, 0.29) is 0 Å². The molecule has 0 unspecified atom stereocenters. The SMILES string of the molecule is COCCN(Sc1cccs1)c1cccc2cc(-c3nccs3)[nH]c12. The fourth-order valence-corrected chi connectivity index (χ4v) is 5.07. The third-order valence-corrected chi connectivity index (χ3v) is 6.66. The van der Waals surface area contributed by atoms with Gasteiger partial charge in [-0.15, -0.1) is 22.7 Å². The number of aromatic amines is 1. The average molecular weight is 388 g/mol. The summed E-state index contributed by atoms with van der Waals surface area (Å²) in [6, 6.07) is 12.8. The van der Waals surface area contributed by atoms with Crippen LogP contribution in [0, 0.1) is 0 Å². The molecule has 0 saturated carbocycles. The van der Waals surface area contributed by atoms with E-state index in [0.29, 0.717) is 6.61 Å². The van der Waals surface area contributed by atoms with E-state index < -0.39 is 0 Å². The summed E-state index contributed by atoms with van der Waals surface area (Å²) in [7, 11) is 1.74. The zero-order valence-corrected chi connectivity index (χ0v) is 16.1. The molecule has 0 saturated heterocycles. The van der Waals surface area contributed by atoms with Gasteiger partial charge >= 0.3 is 0 Å². The fourth-order valence-electron chi connectivity index (χ4n) is 2.63. The van der Waals surface area contributed by atoms with E-state index in [0.717, 1.165) is 28.5 Å². The molecule has 1 N–H and O–H groups in total. The second-order valence-corrected chi connectivity index (χ2v) is 8.54. The van der Waals surface area contributed by atoms with Gasteiger partial charge in [0.1, 0.15) is 5.01 Å². The quantitative estimate of drug-likeness (QED) is 0.424. The lowest BCUT2D eigenvalue weighted by atomic mass is 10.2. The van der Waals surface area contributed by atoms with E-state index in [1.807, 2.05) is 11.6 Å². The molecule has 0 spiro atoms. The minimum absolute atomic E-state index is 0.675. The number of methoxy groups -OCH3 is 1. The number of anilines is 1. The van der Waals surface area contributed by atoms with Crippen LogP contribution >= 0.6 is 34.6 Å². The summed E-state index contributed by atoms with van der Waals surface area (Å²) in [5.74, 6) is 0. The number of aromatic nitrogens is 2. The van der Waals surface area contributed by atoms with Gasteiger partial charge in [0.2, 0.25) is 0 Å². The Morgan fingerprint density at radius 1 is 1.20 bits per heavy atom. The molecule has 0 fully saturated rings. The van der Waals surface area contributed by atoms with Crippen molar-refractivity contribution in [2.75, 3.05) is 24.6 Å². The molecule has 0 aliphatic rings. The number of thiazole rings is 1. The highest BCUT2D eigenvalue weighted by molar-refractivity contribution is 8.02. The Morgan fingerprint density at radius 2 is 2.16 bits per heavy atom.